The highest BCUT2D eigenvalue weighted by Crippen LogP contribution is 2.20. The van der Waals surface area contributed by atoms with Crippen LogP contribution in [0.3, 0.4) is 0 Å². The Labute approximate surface area is 145 Å². The van der Waals surface area contributed by atoms with Crippen molar-refractivity contribution in [3.63, 3.8) is 0 Å². The topological polar surface area (TPSA) is 47.8 Å². The normalized spacial score (nSPS) is 10.9. The van der Waals surface area contributed by atoms with Gasteiger partial charge in [0.1, 0.15) is 5.82 Å². The van der Waals surface area contributed by atoms with E-state index in [0.29, 0.717) is 17.5 Å². The number of aryl methyl sites for hydroxylation is 1. The average Bonchev–Trinajstić information content (AvgIpc) is 2.97. The van der Waals surface area contributed by atoms with E-state index in [1.807, 2.05) is 73.9 Å². The molecule has 0 aliphatic rings. The number of benzene rings is 2. The van der Waals surface area contributed by atoms with Crippen molar-refractivity contribution < 1.29 is 4.79 Å². The Bertz CT molecular complexity index is 1040. The summed E-state index contributed by atoms with van der Waals surface area (Å²) in [5.41, 5.74) is 4.31. The van der Waals surface area contributed by atoms with E-state index in [0.717, 1.165) is 22.4 Å². The van der Waals surface area contributed by atoms with E-state index in [1.165, 1.54) is 0 Å². The number of hydrogen-bond donors (Lipinski definition) is 0. The van der Waals surface area contributed by atoms with Crippen molar-refractivity contribution in [3.8, 4) is 0 Å². The predicted octanol–water partition coefficient (Wildman–Crippen LogP) is 3.79. The Kier molecular flexibility index (Phi) is 3.86. The van der Waals surface area contributed by atoms with Crippen LogP contribution in [0.25, 0.3) is 11.0 Å². The van der Waals surface area contributed by atoms with Crippen LogP contribution in [0.5, 0.6) is 0 Å². The molecule has 0 atom stereocenters. The largest absolute Gasteiger partial charge is 0.331 e. The van der Waals surface area contributed by atoms with Gasteiger partial charge in [-0.25, -0.2) is 4.98 Å². The Morgan fingerprint density at radius 3 is 2.60 bits per heavy atom. The smallest absolute Gasteiger partial charge is 0.193 e. The number of fused-ring (bicyclic) bond motifs is 1. The number of imidazole rings is 1. The van der Waals surface area contributed by atoms with Gasteiger partial charge in [-0.2, -0.15) is 0 Å². The van der Waals surface area contributed by atoms with Crippen molar-refractivity contribution in [2.45, 2.75) is 6.42 Å². The van der Waals surface area contributed by atoms with Crippen LogP contribution >= 0.6 is 0 Å². The summed E-state index contributed by atoms with van der Waals surface area (Å²) in [5, 5.41) is 0. The van der Waals surface area contributed by atoms with Gasteiger partial charge in [-0.1, -0.05) is 36.4 Å². The number of carbonyl (C=O) groups excluding carboxylic acids is 1. The summed E-state index contributed by atoms with van der Waals surface area (Å²) in [6.07, 6.45) is 4.32. The van der Waals surface area contributed by atoms with Gasteiger partial charge in [0, 0.05) is 37.0 Å². The van der Waals surface area contributed by atoms with Crippen LogP contribution in [-0.2, 0) is 13.5 Å². The molecule has 4 aromatic rings. The molecule has 2 aromatic heterocycles. The first-order valence-corrected chi connectivity index (χ1v) is 8.16. The Balaban J connectivity index is 1.71. The quantitative estimate of drug-likeness (QED) is 0.536. The van der Waals surface area contributed by atoms with Crippen LogP contribution in [0.15, 0.2) is 73.1 Å². The average molecular weight is 327 g/mol. The van der Waals surface area contributed by atoms with Crippen molar-refractivity contribution in [2.24, 2.45) is 7.05 Å². The van der Waals surface area contributed by atoms with Crippen LogP contribution in [0.1, 0.15) is 27.3 Å². The third kappa shape index (κ3) is 2.94. The lowest BCUT2D eigenvalue weighted by Crippen LogP contribution is -2.01. The molecule has 4 rings (SSSR count). The zero-order valence-corrected chi connectivity index (χ0v) is 13.9. The van der Waals surface area contributed by atoms with Gasteiger partial charge < -0.3 is 4.57 Å². The number of hydrogen-bond acceptors (Lipinski definition) is 3. The van der Waals surface area contributed by atoms with Crippen molar-refractivity contribution in [1.82, 2.24) is 14.5 Å². The van der Waals surface area contributed by atoms with Crippen molar-refractivity contribution in [1.29, 1.82) is 0 Å². The van der Waals surface area contributed by atoms with Crippen LogP contribution in [0.4, 0.5) is 0 Å². The molecule has 25 heavy (non-hydrogen) atoms. The van der Waals surface area contributed by atoms with E-state index in [-0.39, 0.29) is 5.78 Å². The zero-order chi connectivity index (χ0) is 17.2. The van der Waals surface area contributed by atoms with Gasteiger partial charge in [0.25, 0.3) is 0 Å². The lowest BCUT2D eigenvalue weighted by atomic mass is 10.0. The molecular weight excluding hydrogens is 310 g/mol. The van der Waals surface area contributed by atoms with Crippen molar-refractivity contribution in [3.05, 3.63) is 95.6 Å². The van der Waals surface area contributed by atoms with Gasteiger partial charge in [0.05, 0.1) is 11.0 Å². The fraction of sp³-hybridized carbons (Fsp3) is 0.0952. The number of rotatable bonds is 4. The van der Waals surface area contributed by atoms with Crippen LogP contribution in [0, 0.1) is 0 Å². The molecule has 0 bridgehead atoms. The molecule has 0 fully saturated rings. The van der Waals surface area contributed by atoms with E-state index in [4.69, 9.17) is 4.98 Å². The maximum atomic E-state index is 12.6. The van der Waals surface area contributed by atoms with Gasteiger partial charge in [-0.3, -0.25) is 9.78 Å². The molecule has 0 saturated carbocycles. The summed E-state index contributed by atoms with van der Waals surface area (Å²) in [4.78, 5) is 21.5. The van der Waals surface area contributed by atoms with Crippen molar-refractivity contribution in [2.75, 3.05) is 0 Å². The lowest BCUT2D eigenvalue weighted by molar-refractivity contribution is 0.103. The van der Waals surface area contributed by atoms with Gasteiger partial charge in [0.2, 0.25) is 0 Å². The molecule has 0 N–H and O–H groups in total. The number of nitrogens with zero attached hydrogens (tertiary/aromatic N) is 3. The summed E-state index contributed by atoms with van der Waals surface area (Å²) >= 11 is 0. The molecule has 4 heteroatoms. The van der Waals surface area contributed by atoms with Gasteiger partial charge in [0.15, 0.2) is 5.78 Å². The summed E-state index contributed by atoms with van der Waals surface area (Å²) < 4.78 is 2.07. The number of ketones is 1. The molecule has 0 unspecified atom stereocenters. The molecule has 2 aromatic carbocycles. The molecule has 0 aliphatic heterocycles. The summed E-state index contributed by atoms with van der Waals surface area (Å²) in [5.74, 6) is 0.967. The molecule has 0 amide bonds. The first-order valence-electron chi connectivity index (χ1n) is 8.16. The summed E-state index contributed by atoms with van der Waals surface area (Å²) in [7, 11) is 2.00. The molecule has 0 radical (unpaired) electrons. The third-order valence-corrected chi connectivity index (χ3v) is 4.36. The molecular formula is C21H17N3O. The molecule has 2 heterocycles. The van der Waals surface area contributed by atoms with Gasteiger partial charge in [-0.15, -0.1) is 0 Å². The van der Waals surface area contributed by atoms with E-state index in [9.17, 15) is 4.79 Å². The van der Waals surface area contributed by atoms with Gasteiger partial charge in [-0.05, 0) is 29.8 Å². The monoisotopic (exact) mass is 327 g/mol. The van der Waals surface area contributed by atoms with Crippen LogP contribution in [0.2, 0.25) is 0 Å². The molecule has 0 spiro atoms. The molecule has 4 nitrogen and oxygen atoms in total. The first-order chi connectivity index (χ1) is 12.2. The van der Waals surface area contributed by atoms with E-state index in [1.54, 1.807) is 6.20 Å². The molecule has 122 valence electrons. The molecule has 0 saturated heterocycles. The van der Waals surface area contributed by atoms with Gasteiger partial charge >= 0.3 is 0 Å². The lowest BCUT2D eigenvalue weighted by Gasteiger charge is -2.03. The Hall–Kier alpha value is -3.27. The highest BCUT2D eigenvalue weighted by molar-refractivity contribution is 6.10. The Morgan fingerprint density at radius 1 is 1.00 bits per heavy atom. The second-order valence-corrected chi connectivity index (χ2v) is 6.02. The summed E-state index contributed by atoms with van der Waals surface area (Å²) in [6.45, 7) is 0. The number of pyridine rings is 1. The highest BCUT2D eigenvalue weighted by atomic mass is 16.1. The standard InChI is InChI=1S/C21H17N3O/c1-24-19-10-9-17(21(25)16-7-3-2-4-8-16)13-18(19)23-20(24)12-15-6-5-11-22-14-15/h2-11,13-14H,12H2,1H3. The van der Waals surface area contributed by atoms with E-state index in [2.05, 4.69) is 9.55 Å². The second kappa shape index (κ2) is 6.32. The SMILES string of the molecule is Cn1c(Cc2cccnc2)nc2cc(C(=O)c3ccccc3)ccc21. The first kappa shape index (κ1) is 15.3. The minimum Gasteiger partial charge on any atom is -0.331 e. The second-order valence-electron chi connectivity index (χ2n) is 6.02. The minimum atomic E-state index is 0.0157. The maximum Gasteiger partial charge on any atom is 0.193 e. The maximum absolute atomic E-state index is 12.6. The highest BCUT2D eigenvalue weighted by Gasteiger charge is 2.13. The number of carbonyl (C=O) groups is 1. The summed E-state index contributed by atoms with van der Waals surface area (Å²) in [6, 6.07) is 19.0. The Morgan fingerprint density at radius 2 is 1.84 bits per heavy atom. The zero-order valence-electron chi connectivity index (χ0n) is 13.9. The number of aromatic nitrogens is 3. The van der Waals surface area contributed by atoms with E-state index >= 15 is 0 Å². The van der Waals surface area contributed by atoms with Crippen molar-refractivity contribution >= 4 is 16.8 Å². The molecule has 0 aliphatic carbocycles. The minimum absolute atomic E-state index is 0.0157. The fourth-order valence-corrected chi connectivity index (χ4v) is 2.99. The fourth-order valence-electron chi connectivity index (χ4n) is 2.99. The predicted molar refractivity (Wildman–Crippen MR) is 97.6 cm³/mol. The van der Waals surface area contributed by atoms with Crippen LogP contribution < -0.4 is 0 Å². The van der Waals surface area contributed by atoms with E-state index < -0.39 is 0 Å². The third-order valence-electron chi connectivity index (χ3n) is 4.36. The van der Waals surface area contributed by atoms with Crippen LogP contribution in [-0.4, -0.2) is 20.3 Å².